The van der Waals surface area contributed by atoms with Crippen molar-refractivity contribution in [2.75, 3.05) is 13.7 Å². The van der Waals surface area contributed by atoms with Crippen LogP contribution in [0.15, 0.2) is 6.20 Å². The summed E-state index contributed by atoms with van der Waals surface area (Å²) < 4.78 is 5.39. The summed E-state index contributed by atoms with van der Waals surface area (Å²) in [6.45, 7) is 7.84. The lowest BCUT2D eigenvalue weighted by Gasteiger charge is -2.13. The highest BCUT2D eigenvalue weighted by Crippen LogP contribution is 2.23. The Kier molecular flexibility index (Phi) is 6.44. The minimum absolute atomic E-state index is 0.263. The van der Waals surface area contributed by atoms with Gasteiger partial charge in [-0.1, -0.05) is 6.92 Å². The van der Waals surface area contributed by atoms with Crippen molar-refractivity contribution in [1.82, 2.24) is 10.3 Å². The number of nitrogens with zero attached hydrogens (tertiary/aromatic N) is 1. The van der Waals surface area contributed by atoms with Crippen LogP contribution in [0.3, 0.4) is 0 Å². The van der Waals surface area contributed by atoms with E-state index in [2.05, 4.69) is 17.2 Å². The molecular formula is C14H23ClN2O. The molecule has 0 aliphatic rings. The fourth-order valence-corrected chi connectivity index (χ4v) is 2.03. The van der Waals surface area contributed by atoms with Gasteiger partial charge in [0.1, 0.15) is 5.75 Å². The molecule has 0 radical (unpaired) electrons. The molecule has 1 aromatic heterocycles. The zero-order valence-electron chi connectivity index (χ0n) is 11.7. The number of aryl methyl sites for hydroxylation is 1. The molecule has 0 aliphatic heterocycles. The Hall–Kier alpha value is -0.800. The molecule has 0 aliphatic carbocycles. The SMILES string of the molecule is CCC(Cl)CCNCc1ncc(C)c(OC)c1C. The smallest absolute Gasteiger partial charge is 0.128 e. The van der Waals surface area contributed by atoms with Crippen molar-refractivity contribution in [2.45, 2.75) is 45.5 Å². The standard InChI is InChI=1S/C14H23ClN2O/c1-5-12(15)6-7-16-9-13-11(3)14(18-4)10(2)8-17-13/h8,12,16H,5-7,9H2,1-4H3. The first-order chi connectivity index (χ1) is 8.60. The molecule has 0 bridgehead atoms. The third kappa shape index (κ3) is 4.14. The van der Waals surface area contributed by atoms with Gasteiger partial charge in [0.25, 0.3) is 0 Å². The van der Waals surface area contributed by atoms with Gasteiger partial charge in [-0.3, -0.25) is 4.98 Å². The monoisotopic (exact) mass is 270 g/mol. The Balaban J connectivity index is 2.53. The maximum atomic E-state index is 6.07. The van der Waals surface area contributed by atoms with Gasteiger partial charge < -0.3 is 10.1 Å². The molecule has 3 nitrogen and oxygen atoms in total. The van der Waals surface area contributed by atoms with E-state index in [1.807, 2.05) is 20.0 Å². The molecule has 102 valence electrons. The molecule has 1 rings (SSSR count). The van der Waals surface area contributed by atoms with Gasteiger partial charge in [0.15, 0.2) is 0 Å². The van der Waals surface area contributed by atoms with E-state index in [4.69, 9.17) is 16.3 Å². The van der Waals surface area contributed by atoms with Crippen LogP contribution in [0, 0.1) is 13.8 Å². The lowest BCUT2D eigenvalue weighted by molar-refractivity contribution is 0.406. The molecule has 1 unspecified atom stereocenters. The van der Waals surface area contributed by atoms with Gasteiger partial charge in [-0.05, 0) is 33.2 Å². The fraction of sp³-hybridized carbons (Fsp3) is 0.643. The Morgan fingerprint density at radius 1 is 1.44 bits per heavy atom. The van der Waals surface area contributed by atoms with E-state index in [1.54, 1.807) is 7.11 Å². The number of methoxy groups -OCH3 is 1. The van der Waals surface area contributed by atoms with Crippen molar-refractivity contribution in [2.24, 2.45) is 0 Å². The van der Waals surface area contributed by atoms with Crippen molar-refractivity contribution in [1.29, 1.82) is 0 Å². The minimum Gasteiger partial charge on any atom is -0.496 e. The Bertz CT molecular complexity index is 382. The number of aromatic nitrogens is 1. The topological polar surface area (TPSA) is 34.2 Å². The molecule has 0 fully saturated rings. The zero-order chi connectivity index (χ0) is 13.5. The van der Waals surface area contributed by atoms with E-state index in [0.29, 0.717) is 0 Å². The second-order valence-electron chi connectivity index (χ2n) is 4.52. The van der Waals surface area contributed by atoms with Crippen LogP contribution in [0.25, 0.3) is 0 Å². The maximum absolute atomic E-state index is 6.07. The Morgan fingerprint density at radius 3 is 2.78 bits per heavy atom. The predicted octanol–water partition coefficient (Wildman–Crippen LogP) is 3.20. The molecular weight excluding hydrogens is 248 g/mol. The second-order valence-corrected chi connectivity index (χ2v) is 5.13. The lowest BCUT2D eigenvalue weighted by atomic mass is 10.1. The summed E-state index contributed by atoms with van der Waals surface area (Å²) in [6.07, 6.45) is 3.86. The van der Waals surface area contributed by atoms with Crippen molar-refractivity contribution < 1.29 is 4.74 Å². The largest absolute Gasteiger partial charge is 0.496 e. The Labute approximate surface area is 115 Å². The molecule has 4 heteroatoms. The van der Waals surface area contributed by atoms with Crippen LogP contribution in [-0.2, 0) is 6.54 Å². The molecule has 1 heterocycles. The van der Waals surface area contributed by atoms with Gasteiger partial charge in [-0.25, -0.2) is 0 Å². The van der Waals surface area contributed by atoms with E-state index < -0.39 is 0 Å². The predicted molar refractivity (Wildman–Crippen MR) is 76.5 cm³/mol. The van der Waals surface area contributed by atoms with Gasteiger partial charge in [0.05, 0.1) is 12.8 Å². The van der Waals surface area contributed by atoms with Crippen LogP contribution >= 0.6 is 11.6 Å². The third-order valence-electron chi connectivity index (χ3n) is 3.12. The molecule has 1 atom stereocenters. The van der Waals surface area contributed by atoms with E-state index >= 15 is 0 Å². The number of rotatable bonds is 7. The van der Waals surface area contributed by atoms with Crippen LogP contribution in [0.1, 0.15) is 36.6 Å². The van der Waals surface area contributed by atoms with E-state index in [-0.39, 0.29) is 5.38 Å². The van der Waals surface area contributed by atoms with Gasteiger partial charge in [0, 0.05) is 29.2 Å². The number of halogens is 1. The summed E-state index contributed by atoms with van der Waals surface area (Å²) in [5.41, 5.74) is 3.23. The second kappa shape index (κ2) is 7.59. The van der Waals surface area contributed by atoms with Crippen molar-refractivity contribution in [3.63, 3.8) is 0 Å². The molecule has 0 saturated heterocycles. The van der Waals surface area contributed by atoms with Crippen LogP contribution in [0.4, 0.5) is 0 Å². The van der Waals surface area contributed by atoms with Crippen molar-refractivity contribution in [3.8, 4) is 5.75 Å². The fourth-order valence-electron chi connectivity index (χ4n) is 1.92. The molecule has 1 aromatic rings. The Morgan fingerprint density at radius 2 is 2.17 bits per heavy atom. The minimum atomic E-state index is 0.263. The molecule has 0 spiro atoms. The lowest BCUT2D eigenvalue weighted by Crippen LogP contribution is -2.19. The number of pyridine rings is 1. The highest BCUT2D eigenvalue weighted by atomic mass is 35.5. The van der Waals surface area contributed by atoms with E-state index in [0.717, 1.165) is 48.5 Å². The summed E-state index contributed by atoms with van der Waals surface area (Å²) in [6, 6.07) is 0. The van der Waals surface area contributed by atoms with Crippen LogP contribution in [-0.4, -0.2) is 24.0 Å². The summed E-state index contributed by atoms with van der Waals surface area (Å²) in [5.74, 6) is 0.936. The zero-order valence-corrected chi connectivity index (χ0v) is 12.5. The van der Waals surface area contributed by atoms with Gasteiger partial charge >= 0.3 is 0 Å². The van der Waals surface area contributed by atoms with Gasteiger partial charge in [0.2, 0.25) is 0 Å². The average Bonchev–Trinajstić information content (AvgIpc) is 2.37. The molecule has 0 amide bonds. The third-order valence-corrected chi connectivity index (χ3v) is 3.65. The maximum Gasteiger partial charge on any atom is 0.128 e. The number of ether oxygens (including phenoxy) is 1. The molecule has 18 heavy (non-hydrogen) atoms. The first kappa shape index (κ1) is 15.3. The summed E-state index contributed by atoms with van der Waals surface area (Å²) >= 11 is 6.07. The number of alkyl halides is 1. The van der Waals surface area contributed by atoms with Gasteiger partial charge in [-0.15, -0.1) is 11.6 Å². The number of hydrogen-bond acceptors (Lipinski definition) is 3. The molecule has 0 aromatic carbocycles. The first-order valence-electron chi connectivity index (χ1n) is 6.44. The summed E-state index contributed by atoms with van der Waals surface area (Å²) in [4.78, 5) is 4.45. The first-order valence-corrected chi connectivity index (χ1v) is 6.87. The normalized spacial score (nSPS) is 12.5. The van der Waals surface area contributed by atoms with Gasteiger partial charge in [-0.2, -0.15) is 0 Å². The van der Waals surface area contributed by atoms with E-state index in [1.165, 1.54) is 0 Å². The number of nitrogens with one attached hydrogen (secondary N) is 1. The summed E-state index contributed by atoms with van der Waals surface area (Å²) in [5, 5.41) is 3.64. The van der Waals surface area contributed by atoms with Crippen LogP contribution in [0.2, 0.25) is 0 Å². The van der Waals surface area contributed by atoms with Crippen LogP contribution < -0.4 is 10.1 Å². The van der Waals surface area contributed by atoms with Crippen molar-refractivity contribution >= 4 is 11.6 Å². The van der Waals surface area contributed by atoms with Crippen LogP contribution in [0.5, 0.6) is 5.75 Å². The summed E-state index contributed by atoms with van der Waals surface area (Å²) in [7, 11) is 1.70. The van der Waals surface area contributed by atoms with Crippen molar-refractivity contribution in [3.05, 3.63) is 23.0 Å². The van der Waals surface area contributed by atoms with E-state index in [9.17, 15) is 0 Å². The molecule has 1 N–H and O–H groups in total. The quantitative estimate of drug-likeness (QED) is 0.610. The highest BCUT2D eigenvalue weighted by molar-refractivity contribution is 6.20. The number of hydrogen-bond donors (Lipinski definition) is 1. The average molecular weight is 271 g/mol. The molecule has 0 saturated carbocycles. The highest BCUT2D eigenvalue weighted by Gasteiger charge is 2.09.